The fourth-order valence-corrected chi connectivity index (χ4v) is 3.90. The molecule has 12 heteroatoms. The second-order valence-corrected chi connectivity index (χ2v) is 8.34. The van der Waals surface area contributed by atoms with Crippen LogP contribution in [0.1, 0.15) is 16.7 Å². The zero-order valence-electron chi connectivity index (χ0n) is 18.7. The number of nitrogens with zero attached hydrogens (tertiary/aromatic N) is 7. The van der Waals surface area contributed by atoms with Gasteiger partial charge in [0, 0.05) is 18.6 Å². The highest BCUT2D eigenvalue weighted by Crippen LogP contribution is 2.26. The van der Waals surface area contributed by atoms with Crippen molar-refractivity contribution in [3.63, 3.8) is 0 Å². The lowest BCUT2D eigenvalue weighted by Gasteiger charge is -2.16. The molecule has 178 valence electrons. The van der Waals surface area contributed by atoms with Gasteiger partial charge in [0.15, 0.2) is 0 Å². The van der Waals surface area contributed by atoms with Crippen molar-refractivity contribution in [1.29, 1.82) is 5.26 Å². The summed E-state index contributed by atoms with van der Waals surface area (Å²) in [7, 11) is 0. The molecule has 4 aromatic heterocycles. The molecule has 5 aromatic rings. The van der Waals surface area contributed by atoms with Crippen molar-refractivity contribution in [2.75, 3.05) is 5.32 Å². The van der Waals surface area contributed by atoms with Gasteiger partial charge in [0.1, 0.15) is 11.9 Å². The second-order valence-electron chi connectivity index (χ2n) is 7.93. The summed E-state index contributed by atoms with van der Waals surface area (Å²) >= 11 is 6.40. The van der Waals surface area contributed by atoms with Crippen LogP contribution in [-0.2, 0) is 6.54 Å². The lowest BCUT2D eigenvalue weighted by molar-refractivity contribution is 0.620. The number of hydrogen-bond acceptors (Lipinski definition) is 7. The van der Waals surface area contributed by atoms with Crippen LogP contribution in [0, 0.1) is 24.1 Å². The SMILES string of the molecule is Cc1cncc(-n2c(=O)nc(Nc3cc4ccnn4cc3Cl)n(Cc3ccc(F)c(C#N)c3)c2=O)c1. The van der Waals surface area contributed by atoms with E-state index in [4.69, 9.17) is 11.6 Å². The molecule has 0 saturated heterocycles. The molecule has 0 radical (unpaired) electrons. The van der Waals surface area contributed by atoms with E-state index in [9.17, 15) is 19.2 Å². The van der Waals surface area contributed by atoms with Gasteiger partial charge in [0.2, 0.25) is 5.95 Å². The van der Waals surface area contributed by atoms with E-state index in [1.807, 2.05) is 0 Å². The molecule has 0 bridgehead atoms. The first-order valence-electron chi connectivity index (χ1n) is 10.6. The third kappa shape index (κ3) is 4.21. The lowest BCUT2D eigenvalue weighted by Crippen LogP contribution is -2.41. The summed E-state index contributed by atoms with van der Waals surface area (Å²) in [5.74, 6) is -0.766. The van der Waals surface area contributed by atoms with Crippen molar-refractivity contribution in [3.05, 3.63) is 110 Å². The Balaban J connectivity index is 1.69. The van der Waals surface area contributed by atoms with Crippen LogP contribution in [0.5, 0.6) is 0 Å². The summed E-state index contributed by atoms with van der Waals surface area (Å²) in [6.45, 7) is 1.66. The Morgan fingerprint density at radius 1 is 1.17 bits per heavy atom. The van der Waals surface area contributed by atoms with Gasteiger partial charge in [-0.1, -0.05) is 17.7 Å². The summed E-state index contributed by atoms with van der Waals surface area (Å²) < 4.78 is 17.5. The molecule has 0 saturated carbocycles. The third-order valence-electron chi connectivity index (χ3n) is 5.41. The molecule has 1 aromatic carbocycles. The number of aryl methyl sites for hydroxylation is 1. The molecule has 0 aliphatic carbocycles. The molecule has 36 heavy (non-hydrogen) atoms. The Bertz CT molecular complexity index is 1800. The predicted molar refractivity (Wildman–Crippen MR) is 130 cm³/mol. The number of hydrogen-bond donors (Lipinski definition) is 1. The molecule has 0 amide bonds. The average Bonchev–Trinajstić information content (AvgIpc) is 3.29. The van der Waals surface area contributed by atoms with Crippen LogP contribution in [0.15, 0.2) is 70.8 Å². The molecule has 1 N–H and O–H groups in total. The second kappa shape index (κ2) is 9.09. The molecule has 10 nitrogen and oxygen atoms in total. The fourth-order valence-electron chi connectivity index (χ4n) is 3.71. The number of benzene rings is 1. The highest BCUT2D eigenvalue weighted by Gasteiger charge is 2.18. The number of fused-ring (bicyclic) bond motifs is 1. The molecule has 0 aliphatic rings. The molecule has 0 atom stereocenters. The van der Waals surface area contributed by atoms with Gasteiger partial charge in [0.25, 0.3) is 0 Å². The monoisotopic (exact) mass is 502 g/mol. The van der Waals surface area contributed by atoms with E-state index < -0.39 is 17.2 Å². The van der Waals surface area contributed by atoms with Crippen LogP contribution in [0.25, 0.3) is 11.2 Å². The van der Waals surface area contributed by atoms with Gasteiger partial charge in [-0.25, -0.2) is 23.1 Å². The van der Waals surface area contributed by atoms with Crippen LogP contribution in [0.2, 0.25) is 5.02 Å². The van der Waals surface area contributed by atoms with Crippen molar-refractivity contribution in [3.8, 4) is 11.8 Å². The Hall–Kier alpha value is -4.82. The first kappa shape index (κ1) is 22.9. The number of nitriles is 1. The van der Waals surface area contributed by atoms with Gasteiger partial charge < -0.3 is 5.32 Å². The minimum absolute atomic E-state index is 0.0875. The minimum atomic E-state index is -0.829. The highest BCUT2D eigenvalue weighted by atomic mass is 35.5. The Labute approximate surface area is 207 Å². The van der Waals surface area contributed by atoms with Gasteiger partial charge in [-0.2, -0.15) is 15.3 Å². The number of nitrogens with one attached hydrogen (secondary N) is 1. The molecule has 0 spiro atoms. The Kier molecular flexibility index (Phi) is 5.79. The van der Waals surface area contributed by atoms with E-state index in [1.54, 1.807) is 54.3 Å². The maximum absolute atomic E-state index is 13.9. The summed E-state index contributed by atoms with van der Waals surface area (Å²) in [4.78, 5) is 34.8. The van der Waals surface area contributed by atoms with E-state index in [1.165, 1.54) is 22.9 Å². The van der Waals surface area contributed by atoms with Crippen LogP contribution in [-0.4, -0.2) is 28.7 Å². The van der Waals surface area contributed by atoms with E-state index in [-0.39, 0.29) is 28.8 Å². The number of halogens is 2. The fraction of sp³-hybridized carbons (Fsp3) is 0.0833. The normalized spacial score (nSPS) is 10.9. The van der Waals surface area contributed by atoms with E-state index >= 15 is 0 Å². The first-order valence-corrected chi connectivity index (χ1v) is 11.0. The maximum Gasteiger partial charge on any atom is 0.359 e. The first-order chi connectivity index (χ1) is 17.3. The highest BCUT2D eigenvalue weighted by molar-refractivity contribution is 6.33. The minimum Gasteiger partial charge on any atom is -0.324 e. The van der Waals surface area contributed by atoms with Crippen LogP contribution < -0.4 is 16.7 Å². The third-order valence-corrected chi connectivity index (χ3v) is 5.72. The van der Waals surface area contributed by atoms with Crippen molar-refractivity contribution < 1.29 is 4.39 Å². The van der Waals surface area contributed by atoms with Gasteiger partial charge in [-0.15, -0.1) is 0 Å². The Morgan fingerprint density at radius 3 is 2.78 bits per heavy atom. The van der Waals surface area contributed by atoms with Crippen LogP contribution >= 0.6 is 11.6 Å². The molecular formula is C24H16ClFN8O2. The van der Waals surface area contributed by atoms with Crippen molar-refractivity contribution in [2.45, 2.75) is 13.5 Å². The molecule has 4 heterocycles. The van der Waals surface area contributed by atoms with Gasteiger partial charge in [0.05, 0.1) is 40.2 Å². The Morgan fingerprint density at radius 2 is 2.00 bits per heavy atom. The number of rotatable bonds is 5. The average molecular weight is 503 g/mol. The smallest absolute Gasteiger partial charge is 0.324 e. The lowest BCUT2D eigenvalue weighted by atomic mass is 10.1. The van der Waals surface area contributed by atoms with Gasteiger partial charge in [-0.05, 0) is 48.4 Å². The quantitative estimate of drug-likeness (QED) is 0.391. The summed E-state index contributed by atoms with van der Waals surface area (Å²) in [5.41, 5.74) is 0.819. The number of anilines is 2. The number of aromatic nitrogens is 6. The standard InChI is InChI=1S/C24H16ClFN8O2/c1-14-6-18(11-28-10-14)34-23(35)31-22(30-21-8-17-4-5-29-33(17)13-19(21)25)32(24(34)36)12-15-2-3-20(26)16(7-15)9-27/h2-8,10-11,13H,12H2,1H3,(H,30,31,35). The summed E-state index contributed by atoms with van der Waals surface area (Å²) in [6.07, 6.45) is 6.14. The van der Waals surface area contributed by atoms with Crippen molar-refractivity contribution >= 4 is 28.8 Å². The largest absolute Gasteiger partial charge is 0.359 e. The maximum atomic E-state index is 13.9. The van der Waals surface area contributed by atoms with Crippen LogP contribution in [0.3, 0.4) is 0 Å². The molecule has 0 unspecified atom stereocenters. The zero-order valence-corrected chi connectivity index (χ0v) is 19.4. The number of pyridine rings is 2. The molecular weight excluding hydrogens is 487 g/mol. The van der Waals surface area contributed by atoms with Crippen molar-refractivity contribution in [1.82, 2.24) is 28.7 Å². The zero-order chi connectivity index (χ0) is 25.4. The molecule has 0 aliphatic heterocycles. The van der Waals surface area contributed by atoms with E-state index in [2.05, 4.69) is 20.4 Å². The van der Waals surface area contributed by atoms with Crippen LogP contribution in [0.4, 0.5) is 16.0 Å². The molecule has 5 rings (SSSR count). The summed E-state index contributed by atoms with van der Waals surface area (Å²) in [6, 6.07) is 10.8. The topological polar surface area (TPSA) is 123 Å². The molecule has 0 fully saturated rings. The predicted octanol–water partition coefficient (Wildman–Crippen LogP) is 3.20. The van der Waals surface area contributed by atoms with Crippen molar-refractivity contribution in [2.24, 2.45) is 0 Å². The summed E-state index contributed by atoms with van der Waals surface area (Å²) in [5, 5.41) is 16.6. The van der Waals surface area contributed by atoms with E-state index in [0.29, 0.717) is 16.8 Å². The van der Waals surface area contributed by atoms with Gasteiger partial charge >= 0.3 is 11.4 Å². The van der Waals surface area contributed by atoms with Gasteiger partial charge in [-0.3, -0.25) is 9.55 Å². The van der Waals surface area contributed by atoms with E-state index in [0.717, 1.165) is 16.2 Å².